The van der Waals surface area contributed by atoms with Gasteiger partial charge in [0, 0.05) is 51.8 Å². The minimum absolute atomic E-state index is 0. The second-order valence-electron chi connectivity index (χ2n) is 14.1. The molecule has 0 heterocycles. The zero-order valence-corrected chi connectivity index (χ0v) is 34.3. The zero-order valence-electron chi connectivity index (χ0n) is 30.4. The van der Waals surface area contributed by atoms with Crippen molar-refractivity contribution in [3.05, 3.63) is 69.0 Å². The Kier molecular flexibility index (Phi) is 17.7. The molecule has 0 unspecified atom stereocenters. The molecule has 0 aliphatic heterocycles. The van der Waals surface area contributed by atoms with Crippen LogP contribution < -0.4 is 21.1 Å². The highest BCUT2D eigenvalue weighted by molar-refractivity contribution is 8.14. The van der Waals surface area contributed by atoms with E-state index in [0.717, 1.165) is 105 Å². The minimum atomic E-state index is -3.41. The summed E-state index contributed by atoms with van der Waals surface area (Å²) in [6, 6.07) is 10.3. The number of hydrogen-bond acceptors (Lipinski definition) is 9. The average molecular weight is 846 g/mol. The van der Waals surface area contributed by atoms with E-state index in [9.17, 15) is 26.4 Å². The molecule has 5 N–H and O–H groups in total. The number of sulfonamides is 1. The van der Waals surface area contributed by atoms with E-state index in [-0.39, 0.29) is 29.5 Å². The summed E-state index contributed by atoms with van der Waals surface area (Å²) in [6.07, 6.45) is 13.7. The first-order valence-corrected chi connectivity index (χ1v) is 23.0. The molecule has 15 heteroatoms. The van der Waals surface area contributed by atoms with Crippen LogP contribution in [-0.2, 0) is 28.7 Å². The van der Waals surface area contributed by atoms with Crippen LogP contribution in [0.3, 0.4) is 0 Å². The van der Waals surface area contributed by atoms with Crippen molar-refractivity contribution in [2.45, 2.75) is 135 Å². The fraction of sp³-hybridized carbons (Fsp3) is 0.538. The van der Waals surface area contributed by atoms with Crippen LogP contribution in [-0.4, -0.2) is 38.9 Å². The number of carbonyl (C=O) groups is 2. The van der Waals surface area contributed by atoms with E-state index >= 15 is 0 Å². The van der Waals surface area contributed by atoms with Crippen LogP contribution in [0.2, 0.25) is 10.0 Å². The largest absolute Gasteiger partial charge is 0.399 e. The lowest BCUT2D eigenvalue weighted by molar-refractivity contribution is -0.116. The second kappa shape index (κ2) is 20.9. The van der Waals surface area contributed by atoms with Crippen LogP contribution in [0.5, 0.6) is 0 Å². The lowest BCUT2D eigenvalue weighted by Crippen LogP contribution is -2.29. The molecule has 4 aliphatic rings. The molecule has 0 bridgehead atoms. The number of allylic oxidation sites excluding steroid dienone is 4. The van der Waals surface area contributed by atoms with Crippen LogP contribution in [0.15, 0.2) is 58.9 Å². The number of carbonyl (C=O) groups excluding carboxylic acids is 2. The minimum Gasteiger partial charge on any atom is -0.399 e. The number of nitrogens with two attached hydrogens (primary N) is 1. The molecule has 6 rings (SSSR count). The third kappa shape index (κ3) is 13.5. The molecule has 2 aromatic rings. The van der Waals surface area contributed by atoms with Gasteiger partial charge < -0.3 is 16.4 Å². The summed E-state index contributed by atoms with van der Waals surface area (Å²) in [5.74, 6) is 0.350. The molecule has 0 aromatic heterocycles. The summed E-state index contributed by atoms with van der Waals surface area (Å²) < 4.78 is 49.4. The van der Waals surface area contributed by atoms with E-state index in [1.54, 1.807) is 36.4 Å². The highest BCUT2D eigenvalue weighted by Crippen LogP contribution is 2.33. The molecule has 10 nitrogen and oxygen atoms in total. The molecule has 54 heavy (non-hydrogen) atoms. The van der Waals surface area contributed by atoms with Gasteiger partial charge in [-0.25, -0.2) is 16.8 Å². The van der Waals surface area contributed by atoms with Crippen molar-refractivity contribution in [2.24, 2.45) is 0 Å². The van der Waals surface area contributed by atoms with Gasteiger partial charge in [-0.15, -0.1) is 0 Å². The normalized spacial score (nSPS) is 18.8. The first-order chi connectivity index (χ1) is 25.0. The predicted octanol–water partition coefficient (Wildman–Crippen LogP) is 10.7. The third-order valence-electron chi connectivity index (χ3n) is 10.1. The van der Waals surface area contributed by atoms with Gasteiger partial charge in [0.2, 0.25) is 19.1 Å². The number of anilines is 4. The Bertz CT molecular complexity index is 1920. The highest BCUT2D eigenvalue weighted by atomic mass is 35.7. The topological polar surface area (TPSA) is 165 Å². The molecule has 2 fully saturated rings. The summed E-state index contributed by atoms with van der Waals surface area (Å²) in [4.78, 5) is 23.5. The fourth-order valence-corrected chi connectivity index (χ4v) is 10.2. The number of nitrogen functional groups attached to an aromatic ring is 1. The summed E-state index contributed by atoms with van der Waals surface area (Å²) >= 11 is 12.3. The molecular weight excluding hydrogens is 791 g/mol. The van der Waals surface area contributed by atoms with Crippen molar-refractivity contribution in [2.75, 3.05) is 21.1 Å². The standard InChI is InChI=1S/C19H25ClN2O3S.C13H15ClN2O.C6H11ClO2S.CH4/c1-13-17(8-5-9-19(13)23)21-18-12-14(10-11-16(18)20)22-26(24,25)15-6-3-2-4-7-15;1-8-11(3-2-4-13(8)17)16-12-7-9(15)5-6-10(12)14;7-10(8,9)6-4-2-1-3-5-6;/h10-12,15,21-22H,2-9H2,1H3;5-7,16H,2-4,15H2,1H3;6H,1-5H2;1H4. The number of Topliss-reactive ketones (excluding diaryl/α,β-unsaturated/α-hetero) is 2. The number of halogens is 3. The van der Waals surface area contributed by atoms with E-state index in [1.165, 1.54) is 0 Å². The highest BCUT2D eigenvalue weighted by Gasteiger charge is 2.28. The average Bonchev–Trinajstić information content (AvgIpc) is 3.12. The monoisotopic (exact) mass is 844 g/mol. The lowest BCUT2D eigenvalue weighted by atomic mass is 9.96. The Morgan fingerprint density at radius 1 is 0.630 bits per heavy atom. The number of nitrogens with one attached hydrogen (secondary N) is 3. The van der Waals surface area contributed by atoms with Crippen molar-refractivity contribution < 1.29 is 26.4 Å². The molecule has 2 aromatic carbocycles. The zero-order chi connectivity index (χ0) is 38.8. The van der Waals surface area contributed by atoms with Crippen molar-refractivity contribution >= 4 is 87.3 Å². The van der Waals surface area contributed by atoms with Gasteiger partial charge in [-0.2, -0.15) is 0 Å². The Morgan fingerprint density at radius 3 is 1.54 bits per heavy atom. The van der Waals surface area contributed by atoms with Gasteiger partial charge in [0.05, 0.1) is 37.6 Å². The van der Waals surface area contributed by atoms with Gasteiger partial charge in [0.1, 0.15) is 0 Å². The van der Waals surface area contributed by atoms with Gasteiger partial charge in [0.25, 0.3) is 0 Å². The SMILES string of the molecule is C.CC1=C(Nc2cc(N)ccc2Cl)CCCC1=O.CC1=C(Nc2cc(NS(=O)(=O)C3CCCCC3)ccc2Cl)CCCC1=O.O=S(=O)(Cl)C1CCCCC1. The molecule has 0 amide bonds. The van der Waals surface area contributed by atoms with Gasteiger partial charge in [-0.05, 0) is 102 Å². The van der Waals surface area contributed by atoms with E-state index < -0.39 is 19.1 Å². The summed E-state index contributed by atoms with van der Waals surface area (Å²) in [5, 5.41) is 6.95. The van der Waals surface area contributed by atoms with E-state index in [0.29, 0.717) is 52.8 Å². The Labute approximate surface area is 336 Å². The second-order valence-corrected chi connectivity index (χ2v) is 19.8. The molecule has 0 atom stereocenters. The third-order valence-corrected chi connectivity index (χ3v) is 14.7. The smallest absolute Gasteiger partial charge is 0.235 e. The number of benzene rings is 2. The Hall–Kier alpha value is -2.77. The van der Waals surface area contributed by atoms with E-state index in [1.807, 2.05) is 13.8 Å². The fourth-order valence-electron chi connectivity index (χ4n) is 6.87. The van der Waals surface area contributed by atoms with Crippen LogP contribution in [0, 0.1) is 0 Å². The van der Waals surface area contributed by atoms with E-state index in [2.05, 4.69) is 15.4 Å². The Balaban J connectivity index is 0.000000240. The van der Waals surface area contributed by atoms with Crippen LogP contribution in [0.4, 0.5) is 22.7 Å². The predicted molar refractivity (Wildman–Crippen MR) is 225 cm³/mol. The molecule has 0 spiro atoms. The van der Waals surface area contributed by atoms with Crippen molar-refractivity contribution in [3.8, 4) is 0 Å². The van der Waals surface area contributed by atoms with Crippen molar-refractivity contribution in [3.63, 3.8) is 0 Å². The van der Waals surface area contributed by atoms with Gasteiger partial charge in [-0.1, -0.05) is 69.2 Å². The molecule has 0 radical (unpaired) electrons. The Morgan fingerprint density at radius 2 is 1.07 bits per heavy atom. The number of hydrogen-bond donors (Lipinski definition) is 4. The quantitative estimate of drug-likeness (QED) is 0.149. The van der Waals surface area contributed by atoms with Crippen LogP contribution in [0.25, 0.3) is 0 Å². The summed E-state index contributed by atoms with van der Waals surface area (Å²) in [6.45, 7) is 3.66. The molecule has 4 aliphatic carbocycles. The maximum atomic E-state index is 12.6. The first kappa shape index (κ1) is 45.6. The summed E-state index contributed by atoms with van der Waals surface area (Å²) in [5.41, 5.74) is 11.6. The van der Waals surface area contributed by atoms with Gasteiger partial charge in [-0.3, -0.25) is 14.3 Å². The first-order valence-electron chi connectivity index (χ1n) is 18.3. The van der Waals surface area contributed by atoms with E-state index in [4.69, 9.17) is 39.6 Å². The molecule has 0 saturated heterocycles. The number of rotatable bonds is 8. The summed E-state index contributed by atoms with van der Waals surface area (Å²) in [7, 11) is -1.48. The van der Waals surface area contributed by atoms with Gasteiger partial charge in [0.15, 0.2) is 11.6 Å². The van der Waals surface area contributed by atoms with Crippen LogP contribution in [0.1, 0.15) is 124 Å². The molecule has 300 valence electrons. The number of ketones is 2. The molecular formula is C39H55Cl3N4O6S2. The van der Waals surface area contributed by atoms with Gasteiger partial charge >= 0.3 is 0 Å². The van der Waals surface area contributed by atoms with Crippen LogP contribution >= 0.6 is 33.9 Å². The maximum Gasteiger partial charge on any atom is 0.235 e. The lowest BCUT2D eigenvalue weighted by Gasteiger charge is -2.23. The maximum absolute atomic E-state index is 12.6. The molecule has 2 saturated carbocycles. The van der Waals surface area contributed by atoms with Crippen molar-refractivity contribution in [1.82, 2.24) is 0 Å². The van der Waals surface area contributed by atoms with Crippen molar-refractivity contribution in [1.29, 1.82) is 0 Å².